The van der Waals surface area contributed by atoms with Gasteiger partial charge in [-0.2, -0.15) is 0 Å². The number of amides is 1. The summed E-state index contributed by atoms with van der Waals surface area (Å²) in [6.07, 6.45) is 1.52. The van der Waals surface area contributed by atoms with Gasteiger partial charge in [-0.25, -0.2) is 9.97 Å². The summed E-state index contributed by atoms with van der Waals surface area (Å²) in [7, 11) is 0. The van der Waals surface area contributed by atoms with Crippen LogP contribution in [0.2, 0.25) is 5.02 Å². The number of anilines is 1. The van der Waals surface area contributed by atoms with Crippen LogP contribution in [0.25, 0.3) is 11.3 Å². The highest BCUT2D eigenvalue weighted by Gasteiger charge is 2.18. The van der Waals surface area contributed by atoms with Gasteiger partial charge in [-0.3, -0.25) is 4.79 Å². The molecule has 1 saturated heterocycles. The van der Waals surface area contributed by atoms with Crippen LogP contribution in [0, 0.1) is 6.92 Å². The number of aromatic nitrogens is 2. The number of hydrogen-bond donors (Lipinski definition) is 1. The normalized spacial score (nSPS) is 15.0. The highest BCUT2D eigenvalue weighted by Crippen LogP contribution is 2.25. The Kier molecular flexibility index (Phi) is 3.75. The Morgan fingerprint density at radius 3 is 2.86 bits per heavy atom. The van der Waals surface area contributed by atoms with E-state index in [-0.39, 0.29) is 5.91 Å². The highest BCUT2D eigenvalue weighted by molar-refractivity contribution is 6.30. The molecule has 1 aliphatic heterocycles. The van der Waals surface area contributed by atoms with E-state index in [2.05, 4.69) is 15.3 Å². The number of hydrogen-bond acceptors (Lipinski definition) is 4. The second kappa shape index (κ2) is 5.69. The van der Waals surface area contributed by atoms with Gasteiger partial charge in [0.1, 0.15) is 12.1 Å². The number of rotatable bonds is 2. The standard InChI is InChI=1S/C15H15ClN4O/c1-10-4-11(6-12(16)5-10)13-7-14(19-9-18-13)20-3-2-17-15(21)8-20/h4-7,9H,2-3,8H2,1H3,(H,17,21). The maximum absolute atomic E-state index is 11.5. The largest absolute Gasteiger partial charge is 0.353 e. The lowest BCUT2D eigenvalue weighted by Gasteiger charge is -2.27. The van der Waals surface area contributed by atoms with Gasteiger partial charge in [-0.15, -0.1) is 0 Å². The predicted molar refractivity (Wildman–Crippen MR) is 82.4 cm³/mol. The molecular weight excluding hydrogens is 288 g/mol. The van der Waals surface area contributed by atoms with E-state index < -0.39 is 0 Å². The Hall–Kier alpha value is -2.14. The quantitative estimate of drug-likeness (QED) is 0.922. The van der Waals surface area contributed by atoms with Crippen molar-refractivity contribution >= 4 is 23.3 Å². The van der Waals surface area contributed by atoms with E-state index in [1.807, 2.05) is 36.1 Å². The second-order valence-corrected chi connectivity index (χ2v) is 5.49. The topological polar surface area (TPSA) is 58.1 Å². The highest BCUT2D eigenvalue weighted by atomic mass is 35.5. The van der Waals surface area contributed by atoms with E-state index in [4.69, 9.17) is 11.6 Å². The van der Waals surface area contributed by atoms with Crippen LogP contribution in [0.3, 0.4) is 0 Å². The molecule has 108 valence electrons. The molecule has 2 aromatic rings. The zero-order valence-corrected chi connectivity index (χ0v) is 12.4. The zero-order valence-electron chi connectivity index (χ0n) is 11.6. The van der Waals surface area contributed by atoms with Crippen molar-refractivity contribution in [3.05, 3.63) is 41.2 Å². The van der Waals surface area contributed by atoms with E-state index in [1.165, 1.54) is 6.33 Å². The van der Waals surface area contributed by atoms with Crippen LogP contribution >= 0.6 is 11.6 Å². The third-order valence-corrected chi connectivity index (χ3v) is 3.57. The molecule has 1 aromatic carbocycles. The Morgan fingerprint density at radius 1 is 1.24 bits per heavy atom. The smallest absolute Gasteiger partial charge is 0.239 e. The average molecular weight is 303 g/mol. The minimum Gasteiger partial charge on any atom is -0.353 e. The van der Waals surface area contributed by atoms with E-state index >= 15 is 0 Å². The number of nitrogens with one attached hydrogen (secondary N) is 1. The molecule has 0 aliphatic carbocycles. The molecule has 5 nitrogen and oxygen atoms in total. The van der Waals surface area contributed by atoms with Crippen molar-refractivity contribution in [1.29, 1.82) is 0 Å². The summed E-state index contributed by atoms with van der Waals surface area (Å²) in [6.45, 7) is 3.70. The minimum atomic E-state index is 0.0139. The Morgan fingerprint density at radius 2 is 2.10 bits per heavy atom. The molecule has 1 aromatic heterocycles. The van der Waals surface area contributed by atoms with Gasteiger partial charge in [-0.05, 0) is 30.7 Å². The van der Waals surface area contributed by atoms with Crippen LogP contribution in [-0.2, 0) is 4.79 Å². The zero-order chi connectivity index (χ0) is 14.8. The molecule has 2 heterocycles. The molecule has 21 heavy (non-hydrogen) atoms. The van der Waals surface area contributed by atoms with E-state index in [0.29, 0.717) is 18.1 Å². The predicted octanol–water partition coefficient (Wildman–Crippen LogP) is 2.04. The number of carbonyl (C=O) groups is 1. The summed E-state index contributed by atoms with van der Waals surface area (Å²) in [5, 5.41) is 3.48. The van der Waals surface area contributed by atoms with E-state index in [0.717, 1.165) is 29.2 Å². The SMILES string of the molecule is Cc1cc(Cl)cc(-c2cc(N3CCNC(=O)C3)ncn2)c1. The van der Waals surface area contributed by atoms with Gasteiger partial charge in [0, 0.05) is 29.7 Å². The van der Waals surface area contributed by atoms with Gasteiger partial charge in [0.15, 0.2) is 0 Å². The van der Waals surface area contributed by atoms with Crippen LogP contribution in [0.4, 0.5) is 5.82 Å². The van der Waals surface area contributed by atoms with Crippen LogP contribution in [0.15, 0.2) is 30.6 Å². The summed E-state index contributed by atoms with van der Waals surface area (Å²) in [6, 6.07) is 7.70. The molecule has 0 spiro atoms. The van der Waals surface area contributed by atoms with Gasteiger partial charge in [-0.1, -0.05) is 11.6 Å². The molecule has 0 unspecified atom stereocenters. The van der Waals surface area contributed by atoms with Crippen LogP contribution in [0.1, 0.15) is 5.56 Å². The van der Waals surface area contributed by atoms with Gasteiger partial charge in [0.05, 0.1) is 12.2 Å². The fourth-order valence-electron chi connectivity index (χ4n) is 2.40. The molecule has 6 heteroatoms. The van der Waals surface area contributed by atoms with Crippen molar-refractivity contribution in [1.82, 2.24) is 15.3 Å². The monoisotopic (exact) mass is 302 g/mol. The average Bonchev–Trinajstić information content (AvgIpc) is 2.46. The van der Waals surface area contributed by atoms with Gasteiger partial charge < -0.3 is 10.2 Å². The molecule has 0 bridgehead atoms. The van der Waals surface area contributed by atoms with Gasteiger partial charge >= 0.3 is 0 Å². The maximum atomic E-state index is 11.5. The molecular formula is C15H15ClN4O. The number of halogens is 1. The lowest BCUT2D eigenvalue weighted by molar-refractivity contribution is -0.120. The van der Waals surface area contributed by atoms with Crippen molar-refractivity contribution in [2.75, 3.05) is 24.5 Å². The minimum absolute atomic E-state index is 0.0139. The second-order valence-electron chi connectivity index (χ2n) is 5.05. The Balaban J connectivity index is 1.94. The first-order valence-electron chi connectivity index (χ1n) is 6.73. The van der Waals surface area contributed by atoms with Crippen LogP contribution in [-0.4, -0.2) is 35.5 Å². The first-order chi connectivity index (χ1) is 10.1. The molecule has 3 rings (SSSR count). The molecule has 0 saturated carbocycles. The Labute approximate surface area is 128 Å². The molecule has 0 radical (unpaired) electrons. The summed E-state index contributed by atoms with van der Waals surface area (Å²) >= 11 is 6.10. The Bertz CT molecular complexity index is 669. The van der Waals surface area contributed by atoms with E-state index in [1.54, 1.807) is 0 Å². The number of carbonyl (C=O) groups excluding carboxylic acids is 1. The molecule has 1 aliphatic rings. The van der Waals surface area contributed by atoms with E-state index in [9.17, 15) is 4.79 Å². The number of piperazine rings is 1. The lowest BCUT2D eigenvalue weighted by atomic mass is 10.1. The number of nitrogens with zero attached hydrogens (tertiary/aromatic N) is 3. The molecule has 1 fully saturated rings. The lowest BCUT2D eigenvalue weighted by Crippen LogP contribution is -2.48. The summed E-state index contributed by atoms with van der Waals surface area (Å²) in [5.41, 5.74) is 2.83. The number of aryl methyl sites for hydroxylation is 1. The maximum Gasteiger partial charge on any atom is 0.239 e. The third-order valence-electron chi connectivity index (χ3n) is 3.35. The summed E-state index contributed by atoms with van der Waals surface area (Å²) in [4.78, 5) is 22.0. The fraction of sp³-hybridized carbons (Fsp3) is 0.267. The molecule has 1 N–H and O–H groups in total. The van der Waals surface area contributed by atoms with Crippen molar-refractivity contribution in [2.24, 2.45) is 0 Å². The summed E-state index contributed by atoms with van der Waals surface area (Å²) < 4.78 is 0. The van der Waals surface area contributed by atoms with Crippen molar-refractivity contribution in [3.8, 4) is 11.3 Å². The molecule has 0 atom stereocenters. The third kappa shape index (κ3) is 3.13. The first kappa shape index (κ1) is 13.8. The van der Waals surface area contributed by atoms with Gasteiger partial charge in [0.25, 0.3) is 0 Å². The number of benzene rings is 1. The van der Waals surface area contributed by atoms with Crippen LogP contribution < -0.4 is 10.2 Å². The first-order valence-corrected chi connectivity index (χ1v) is 7.11. The molecule has 1 amide bonds. The summed E-state index contributed by atoms with van der Waals surface area (Å²) in [5.74, 6) is 0.771. The van der Waals surface area contributed by atoms with Crippen LogP contribution in [0.5, 0.6) is 0 Å². The fourth-order valence-corrected chi connectivity index (χ4v) is 2.69. The van der Waals surface area contributed by atoms with Crippen molar-refractivity contribution in [2.45, 2.75) is 6.92 Å². The van der Waals surface area contributed by atoms with Gasteiger partial charge in [0.2, 0.25) is 5.91 Å². The van der Waals surface area contributed by atoms with Crippen molar-refractivity contribution < 1.29 is 4.79 Å². The van der Waals surface area contributed by atoms with Crippen molar-refractivity contribution in [3.63, 3.8) is 0 Å².